The maximum absolute atomic E-state index is 13.1. The van der Waals surface area contributed by atoms with E-state index in [1.54, 1.807) is 54.1 Å². The summed E-state index contributed by atoms with van der Waals surface area (Å²) in [5.74, 6) is 1.22. The highest BCUT2D eigenvalue weighted by atomic mass is 35.5. The number of benzene rings is 3. The summed E-state index contributed by atoms with van der Waals surface area (Å²) in [6.07, 6.45) is 3.08. The summed E-state index contributed by atoms with van der Waals surface area (Å²) in [4.78, 5) is 61.3. The molecule has 2 N–H and O–H groups in total. The van der Waals surface area contributed by atoms with E-state index in [1.165, 1.54) is 13.3 Å². The molecule has 18 heteroatoms. The molecule has 0 aliphatic carbocycles. The van der Waals surface area contributed by atoms with Crippen molar-refractivity contribution in [3.63, 3.8) is 0 Å². The van der Waals surface area contributed by atoms with Crippen LogP contribution in [0.5, 0.6) is 17.2 Å². The van der Waals surface area contributed by atoms with Crippen molar-refractivity contribution in [2.75, 3.05) is 77.8 Å². The molecule has 1 atom stereocenters. The number of piperazine rings is 1. The van der Waals surface area contributed by atoms with Gasteiger partial charge in [-0.05, 0) is 42.7 Å². The Morgan fingerprint density at radius 2 is 1.80 bits per heavy atom. The predicted molar refractivity (Wildman–Crippen MR) is 231 cm³/mol. The number of nitrogens with one attached hydrogen (secondary N) is 2. The van der Waals surface area contributed by atoms with E-state index in [2.05, 4.69) is 26.6 Å². The van der Waals surface area contributed by atoms with E-state index in [4.69, 9.17) is 42.1 Å². The summed E-state index contributed by atoms with van der Waals surface area (Å²) < 4.78 is 23.0. The number of amides is 4. The number of carbonyl (C=O) groups is 4. The Bertz CT molecular complexity index is 2370. The lowest BCUT2D eigenvalue weighted by Gasteiger charge is -2.34. The number of ether oxygens (including phenoxy) is 4. The number of piperidine rings is 1. The van der Waals surface area contributed by atoms with Crippen molar-refractivity contribution in [3.05, 3.63) is 75.4 Å². The first-order valence-corrected chi connectivity index (χ1v) is 21.6. The van der Waals surface area contributed by atoms with Crippen LogP contribution in [0.2, 0.25) is 10.0 Å². The minimum Gasteiger partial charge on any atom is -0.495 e. The molecule has 0 saturated carbocycles. The molecular weight excluding hydrogens is 845 g/mol. The van der Waals surface area contributed by atoms with Crippen LogP contribution in [0.3, 0.4) is 0 Å². The fourth-order valence-electron chi connectivity index (χ4n) is 7.62. The van der Waals surface area contributed by atoms with Gasteiger partial charge in [0.25, 0.3) is 5.91 Å². The van der Waals surface area contributed by atoms with Crippen LogP contribution >= 0.6 is 35.0 Å². The fourth-order valence-corrected chi connectivity index (χ4v) is 9.07. The average Bonchev–Trinajstić information content (AvgIpc) is 3.60. The Hall–Kier alpha value is -5.31. The van der Waals surface area contributed by atoms with Crippen molar-refractivity contribution >= 4 is 80.9 Å². The van der Waals surface area contributed by atoms with Gasteiger partial charge in [-0.15, -0.1) is 11.8 Å². The molecule has 4 heterocycles. The Balaban J connectivity index is 0.816. The largest absolute Gasteiger partial charge is 0.495 e. The number of thioether (sulfide) groups is 1. The number of imide groups is 1. The minimum absolute atomic E-state index is 0.0665. The maximum Gasteiger partial charge on any atom is 0.255 e. The van der Waals surface area contributed by atoms with E-state index >= 15 is 0 Å². The molecule has 0 bridgehead atoms. The number of nitriles is 1. The van der Waals surface area contributed by atoms with Gasteiger partial charge in [-0.1, -0.05) is 29.3 Å². The number of carbonyl (C=O) groups excluding carboxylic acids is 4. The molecule has 7 rings (SSSR count). The second-order valence-corrected chi connectivity index (χ2v) is 16.5. The highest BCUT2D eigenvalue weighted by Crippen LogP contribution is 2.41. The predicted octanol–water partition coefficient (Wildman–Crippen LogP) is 6.05. The number of hydrogen-bond acceptors (Lipinski definition) is 13. The molecule has 3 aromatic carbocycles. The maximum atomic E-state index is 13.1. The molecule has 2 fully saturated rings. The van der Waals surface area contributed by atoms with E-state index in [-0.39, 0.29) is 24.1 Å². The third-order valence-corrected chi connectivity index (χ3v) is 12.5. The third kappa shape index (κ3) is 10.1. The number of methoxy groups -OCH3 is 2. The first kappa shape index (κ1) is 43.8. The average molecular weight is 891 g/mol. The Morgan fingerprint density at radius 3 is 2.56 bits per heavy atom. The van der Waals surface area contributed by atoms with E-state index < -0.39 is 11.9 Å². The monoisotopic (exact) mass is 889 g/mol. The Labute approximate surface area is 367 Å². The molecule has 320 valence electrons. The minimum atomic E-state index is -0.652. The Kier molecular flexibility index (Phi) is 14.4. The van der Waals surface area contributed by atoms with E-state index in [0.717, 1.165) is 36.5 Å². The van der Waals surface area contributed by atoms with Gasteiger partial charge in [0.1, 0.15) is 17.9 Å². The van der Waals surface area contributed by atoms with E-state index in [9.17, 15) is 24.4 Å². The molecule has 4 amide bonds. The zero-order chi connectivity index (χ0) is 43.0. The highest BCUT2D eigenvalue weighted by molar-refractivity contribution is 7.99. The number of halogens is 2. The normalized spacial score (nSPS) is 16.6. The lowest BCUT2D eigenvalue weighted by Crippen LogP contribution is -2.52. The number of rotatable bonds is 17. The zero-order valence-corrected chi connectivity index (χ0v) is 36.1. The smallest absolute Gasteiger partial charge is 0.255 e. The quantitative estimate of drug-likeness (QED) is 0.0713. The molecule has 15 nitrogen and oxygen atoms in total. The van der Waals surface area contributed by atoms with E-state index in [1.807, 2.05) is 17.0 Å². The first-order valence-electron chi connectivity index (χ1n) is 19.9. The van der Waals surface area contributed by atoms with Crippen molar-refractivity contribution < 1.29 is 38.1 Å². The topological polar surface area (TPSA) is 176 Å². The number of aromatic nitrogens is 1. The second kappa shape index (κ2) is 20.0. The van der Waals surface area contributed by atoms with Crippen LogP contribution in [-0.4, -0.2) is 122 Å². The summed E-state index contributed by atoms with van der Waals surface area (Å²) in [5.41, 5.74) is 3.37. The third-order valence-electron chi connectivity index (χ3n) is 10.9. The van der Waals surface area contributed by atoms with Gasteiger partial charge >= 0.3 is 0 Å². The standard InChI is InChI=1S/C43H45Cl2N7O8S/c1-57-35-22-33(30(44)20-31(35)45)48-41-26(23-46)24-47-32-21-37(36(58-2)19-28(32)41)60-15-4-10-50-11-13-51(14-12-50)40(54)9-16-59-17-18-61-38-6-3-5-27-29(38)25-52(43(27)56)34-7-8-39(53)49-42(34)55/h3,5-6,19-22,24,34H,4,7-18,25H2,1-2H3,(H,47,48)(H,49,53,55). The molecule has 4 aromatic rings. The van der Waals surface area contributed by atoms with Crippen molar-refractivity contribution in [2.24, 2.45) is 0 Å². The van der Waals surface area contributed by atoms with Gasteiger partial charge in [0, 0.05) is 85.6 Å². The van der Waals surface area contributed by atoms with Crippen molar-refractivity contribution in [2.45, 2.75) is 43.2 Å². The van der Waals surface area contributed by atoms with Crippen LogP contribution in [0.25, 0.3) is 10.9 Å². The van der Waals surface area contributed by atoms with Gasteiger partial charge in [-0.25, -0.2) is 0 Å². The molecule has 0 radical (unpaired) electrons. The molecule has 2 saturated heterocycles. The second-order valence-electron chi connectivity index (χ2n) is 14.6. The number of hydrogen-bond donors (Lipinski definition) is 2. The lowest BCUT2D eigenvalue weighted by molar-refractivity contribution is -0.137. The number of fused-ring (bicyclic) bond motifs is 2. The number of pyridine rings is 1. The number of anilines is 2. The van der Waals surface area contributed by atoms with Crippen molar-refractivity contribution in [1.82, 2.24) is 25.0 Å². The van der Waals surface area contributed by atoms with Crippen LogP contribution in [0, 0.1) is 11.3 Å². The molecule has 1 aromatic heterocycles. The van der Waals surface area contributed by atoms with Gasteiger partial charge in [-0.2, -0.15) is 5.26 Å². The summed E-state index contributed by atoms with van der Waals surface area (Å²) in [5, 5.41) is 16.8. The van der Waals surface area contributed by atoms with Crippen molar-refractivity contribution in [3.8, 4) is 23.3 Å². The van der Waals surface area contributed by atoms with Crippen LogP contribution in [0.1, 0.15) is 47.2 Å². The summed E-state index contributed by atoms with van der Waals surface area (Å²) in [6.45, 7) is 5.13. The molecule has 3 aliphatic rings. The molecule has 1 unspecified atom stereocenters. The van der Waals surface area contributed by atoms with Gasteiger partial charge in [-0.3, -0.25) is 34.4 Å². The first-order chi connectivity index (χ1) is 29.6. The van der Waals surface area contributed by atoms with Gasteiger partial charge in [0.15, 0.2) is 11.5 Å². The number of nitrogens with zero attached hydrogens (tertiary/aromatic N) is 5. The zero-order valence-electron chi connectivity index (χ0n) is 33.8. The molecule has 3 aliphatic heterocycles. The van der Waals surface area contributed by atoms with Crippen LogP contribution in [0.15, 0.2) is 53.6 Å². The van der Waals surface area contributed by atoms with E-state index in [0.29, 0.717) is 119 Å². The summed E-state index contributed by atoms with van der Waals surface area (Å²) in [6, 6.07) is 13.9. The molecule has 0 spiro atoms. The fraction of sp³-hybridized carbons (Fsp3) is 0.395. The van der Waals surface area contributed by atoms with Gasteiger partial charge < -0.3 is 34.1 Å². The summed E-state index contributed by atoms with van der Waals surface area (Å²) in [7, 11) is 3.06. The molecular formula is C43H45Cl2N7O8S. The van der Waals surface area contributed by atoms with Gasteiger partial charge in [0.05, 0.1) is 73.0 Å². The molecule has 61 heavy (non-hydrogen) atoms. The summed E-state index contributed by atoms with van der Waals surface area (Å²) >= 11 is 14.3. The Morgan fingerprint density at radius 1 is 1.00 bits per heavy atom. The highest BCUT2D eigenvalue weighted by Gasteiger charge is 2.39. The van der Waals surface area contributed by atoms with Crippen molar-refractivity contribution in [1.29, 1.82) is 5.26 Å². The lowest BCUT2D eigenvalue weighted by atomic mass is 10.0. The van der Waals surface area contributed by atoms with Crippen LogP contribution < -0.4 is 24.8 Å². The van der Waals surface area contributed by atoms with Crippen LogP contribution in [-0.2, 0) is 25.7 Å². The SMILES string of the molecule is COc1cc(Nc2c(C#N)cnc3cc(OCCCN4CCN(C(=O)CCOCCSc5cccc6c5CN(C5CCC(=O)NC5=O)C6=O)CC4)c(OC)cc23)c(Cl)cc1Cl. The van der Waals surface area contributed by atoms with Crippen LogP contribution in [0.4, 0.5) is 11.4 Å². The van der Waals surface area contributed by atoms with Gasteiger partial charge in [0.2, 0.25) is 17.7 Å².